The molecule has 1 heterocycles. The minimum Gasteiger partial charge on any atom is -0.461 e. The van der Waals surface area contributed by atoms with Gasteiger partial charge in [-0.25, -0.2) is 0 Å². The van der Waals surface area contributed by atoms with Crippen molar-refractivity contribution >= 4 is 16.6 Å². The minimum atomic E-state index is -1.06. The van der Waals surface area contributed by atoms with Crippen LogP contribution in [0.2, 0.25) is 0 Å². The SMILES string of the molecule is CC(C)CCS(=O)CC(=O)c1ccco1. The lowest BCUT2D eigenvalue weighted by atomic mass is 10.2. The number of ketones is 1. The Labute approximate surface area is 92.3 Å². The highest BCUT2D eigenvalue weighted by molar-refractivity contribution is 7.85. The van der Waals surface area contributed by atoms with Crippen LogP contribution in [0.25, 0.3) is 0 Å². The maximum Gasteiger partial charge on any atom is 0.210 e. The van der Waals surface area contributed by atoms with Crippen LogP contribution in [0.3, 0.4) is 0 Å². The molecule has 0 aliphatic carbocycles. The summed E-state index contributed by atoms with van der Waals surface area (Å²) in [7, 11) is -1.06. The van der Waals surface area contributed by atoms with Gasteiger partial charge in [-0.1, -0.05) is 13.8 Å². The Morgan fingerprint density at radius 3 is 2.80 bits per heavy atom. The summed E-state index contributed by atoms with van der Waals surface area (Å²) in [5.74, 6) is 1.30. The van der Waals surface area contributed by atoms with E-state index >= 15 is 0 Å². The lowest BCUT2D eigenvalue weighted by molar-refractivity contribution is 0.0991. The van der Waals surface area contributed by atoms with Gasteiger partial charge >= 0.3 is 0 Å². The molecule has 0 saturated heterocycles. The Morgan fingerprint density at radius 1 is 1.53 bits per heavy atom. The number of rotatable bonds is 6. The zero-order valence-electron chi connectivity index (χ0n) is 9.06. The van der Waals surface area contributed by atoms with E-state index in [-0.39, 0.29) is 11.5 Å². The Kier molecular flexibility index (Phi) is 4.75. The highest BCUT2D eigenvalue weighted by atomic mass is 32.2. The first-order valence-corrected chi connectivity index (χ1v) is 6.50. The molecular formula is C11H16O3S. The van der Waals surface area contributed by atoms with Crippen molar-refractivity contribution in [2.24, 2.45) is 5.92 Å². The zero-order valence-corrected chi connectivity index (χ0v) is 9.88. The molecule has 0 saturated carbocycles. The highest BCUT2D eigenvalue weighted by Gasteiger charge is 2.12. The van der Waals surface area contributed by atoms with Gasteiger partial charge in [-0.3, -0.25) is 9.00 Å². The summed E-state index contributed by atoms with van der Waals surface area (Å²) in [5.41, 5.74) is 0. The molecule has 0 radical (unpaired) electrons. The van der Waals surface area contributed by atoms with Gasteiger partial charge < -0.3 is 4.42 Å². The predicted molar refractivity (Wildman–Crippen MR) is 60.4 cm³/mol. The van der Waals surface area contributed by atoms with Gasteiger partial charge in [-0.2, -0.15) is 0 Å². The van der Waals surface area contributed by atoms with E-state index < -0.39 is 10.8 Å². The molecular weight excluding hydrogens is 212 g/mol. The second kappa shape index (κ2) is 5.85. The molecule has 1 aromatic heterocycles. The first kappa shape index (κ1) is 12.2. The van der Waals surface area contributed by atoms with Gasteiger partial charge in [0, 0.05) is 16.6 Å². The van der Waals surface area contributed by atoms with Crippen LogP contribution in [0, 0.1) is 5.92 Å². The van der Waals surface area contributed by atoms with E-state index in [0.29, 0.717) is 17.4 Å². The molecule has 0 bridgehead atoms. The maximum absolute atomic E-state index is 11.5. The van der Waals surface area contributed by atoms with E-state index in [1.54, 1.807) is 12.1 Å². The average Bonchev–Trinajstić information content (AvgIpc) is 2.67. The number of Topliss-reactive ketones (excluding diaryl/α,β-unsaturated/α-hetero) is 1. The molecule has 15 heavy (non-hydrogen) atoms. The topological polar surface area (TPSA) is 47.3 Å². The van der Waals surface area contributed by atoms with Gasteiger partial charge in [0.1, 0.15) is 0 Å². The van der Waals surface area contributed by atoms with Gasteiger partial charge in [-0.05, 0) is 24.5 Å². The van der Waals surface area contributed by atoms with Gasteiger partial charge in [0.25, 0.3) is 0 Å². The molecule has 1 aromatic rings. The second-order valence-corrected chi connectivity index (χ2v) is 5.45. The Hall–Kier alpha value is -0.900. The normalized spacial score (nSPS) is 13.0. The maximum atomic E-state index is 11.5. The fourth-order valence-corrected chi connectivity index (χ4v) is 2.41. The van der Waals surface area contributed by atoms with E-state index in [1.165, 1.54) is 6.26 Å². The Bertz CT molecular complexity index is 328. The zero-order chi connectivity index (χ0) is 11.3. The van der Waals surface area contributed by atoms with Crippen molar-refractivity contribution in [2.75, 3.05) is 11.5 Å². The quantitative estimate of drug-likeness (QED) is 0.702. The minimum absolute atomic E-state index is 0.0697. The summed E-state index contributed by atoms with van der Waals surface area (Å²) in [6.45, 7) is 4.15. The van der Waals surface area contributed by atoms with Crippen LogP contribution in [-0.2, 0) is 10.8 Å². The molecule has 1 unspecified atom stereocenters. The van der Waals surface area contributed by atoms with Crippen LogP contribution in [0.5, 0.6) is 0 Å². The van der Waals surface area contributed by atoms with E-state index in [0.717, 1.165) is 6.42 Å². The number of hydrogen-bond acceptors (Lipinski definition) is 3. The summed E-state index contributed by atoms with van der Waals surface area (Å²) < 4.78 is 16.4. The third kappa shape index (κ3) is 4.42. The summed E-state index contributed by atoms with van der Waals surface area (Å²) >= 11 is 0. The van der Waals surface area contributed by atoms with Crippen LogP contribution in [0.4, 0.5) is 0 Å². The number of furan rings is 1. The van der Waals surface area contributed by atoms with Crippen molar-refractivity contribution in [3.05, 3.63) is 24.2 Å². The number of carbonyl (C=O) groups excluding carboxylic acids is 1. The molecule has 3 nitrogen and oxygen atoms in total. The number of carbonyl (C=O) groups is 1. The van der Waals surface area contributed by atoms with E-state index in [1.807, 2.05) is 0 Å². The molecule has 1 rings (SSSR count). The van der Waals surface area contributed by atoms with Crippen molar-refractivity contribution < 1.29 is 13.4 Å². The standard InChI is InChI=1S/C11H16O3S/c1-9(2)5-7-15(13)8-10(12)11-4-3-6-14-11/h3-4,6,9H,5,7-8H2,1-2H3. The highest BCUT2D eigenvalue weighted by Crippen LogP contribution is 2.05. The van der Waals surface area contributed by atoms with Crippen LogP contribution in [-0.4, -0.2) is 21.5 Å². The summed E-state index contributed by atoms with van der Waals surface area (Å²) in [5, 5.41) is 0. The van der Waals surface area contributed by atoms with Crippen molar-refractivity contribution in [1.82, 2.24) is 0 Å². The van der Waals surface area contributed by atoms with Crippen molar-refractivity contribution in [3.63, 3.8) is 0 Å². The fraction of sp³-hybridized carbons (Fsp3) is 0.545. The predicted octanol–water partition coefficient (Wildman–Crippen LogP) is 2.26. The average molecular weight is 228 g/mol. The molecule has 0 N–H and O–H groups in total. The first-order valence-electron chi connectivity index (χ1n) is 5.01. The molecule has 4 heteroatoms. The van der Waals surface area contributed by atoms with Crippen LogP contribution >= 0.6 is 0 Å². The molecule has 0 aliphatic rings. The first-order chi connectivity index (χ1) is 7.09. The largest absolute Gasteiger partial charge is 0.461 e. The van der Waals surface area contributed by atoms with Crippen molar-refractivity contribution in [1.29, 1.82) is 0 Å². The molecule has 84 valence electrons. The van der Waals surface area contributed by atoms with Crippen LogP contribution in [0.1, 0.15) is 30.8 Å². The molecule has 0 fully saturated rings. The molecule has 1 atom stereocenters. The van der Waals surface area contributed by atoms with E-state index in [9.17, 15) is 9.00 Å². The monoisotopic (exact) mass is 228 g/mol. The van der Waals surface area contributed by atoms with Gasteiger partial charge in [0.2, 0.25) is 5.78 Å². The summed E-state index contributed by atoms with van der Waals surface area (Å²) in [6.07, 6.45) is 2.34. The molecule has 0 aliphatic heterocycles. The Balaban J connectivity index is 2.36. The lowest BCUT2D eigenvalue weighted by Gasteiger charge is -2.03. The summed E-state index contributed by atoms with van der Waals surface area (Å²) in [6, 6.07) is 3.26. The molecule has 0 spiro atoms. The van der Waals surface area contributed by atoms with Crippen LogP contribution < -0.4 is 0 Å². The number of hydrogen-bond donors (Lipinski definition) is 0. The fourth-order valence-electron chi connectivity index (χ4n) is 1.09. The second-order valence-electron chi connectivity index (χ2n) is 3.87. The van der Waals surface area contributed by atoms with E-state index in [2.05, 4.69) is 13.8 Å². The van der Waals surface area contributed by atoms with Gasteiger partial charge in [-0.15, -0.1) is 0 Å². The third-order valence-corrected chi connectivity index (χ3v) is 3.29. The summed E-state index contributed by atoms with van der Waals surface area (Å²) in [4.78, 5) is 11.5. The van der Waals surface area contributed by atoms with E-state index in [4.69, 9.17) is 4.42 Å². The van der Waals surface area contributed by atoms with Gasteiger partial charge in [0.15, 0.2) is 5.76 Å². The molecule has 0 amide bonds. The van der Waals surface area contributed by atoms with Crippen molar-refractivity contribution in [3.8, 4) is 0 Å². The Morgan fingerprint density at radius 2 is 2.27 bits per heavy atom. The molecule has 0 aromatic carbocycles. The smallest absolute Gasteiger partial charge is 0.210 e. The van der Waals surface area contributed by atoms with Crippen molar-refractivity contribution in [2.45, 2.75) is 20.3 Å². The van der Waals surface area contributed by atoms with Gasteiger partial charge in [0.05, 0.1) is 12.0 Å². The third-order valence-electron chi connectivity index (χ3n) is 2.01. The lowest BCUT2D eigenvalue weighted by Crippen LogP contribution is -2.13. The van der Waals surface area contributed by atoms with Crippen LogP contribution in [0.15, 0.2) is 22.8 Å².